The van der Waals surface area contributed by atoms with Gasteiger partial charge < -0.3 is 0 Å². The van der Waals surface area contributed by atoms with Crippen LogP contribution in [0.1, 0.15) is 74.6 Å². The minimum Gasteiger partial charge on any atom is -0.0873 e. The van der Waals surface area contributed by atoms with Gasteiger partial charge in [0.2, 0.25) is 0 Å². The van der Waals surface area contributed by atoms with Gasteiger partial charge in [0.15, 0.2) is 0 Å². The summed E-state index contributed by atoms with van der Waals surface area (Å²) in [5, 5.41) is 0. The van der Waals surface area contributed by atoms with Gasteiger partial charge >= 0.3 is 0 Å². The van der Waals surface area contributed by atoms with Gasteiger partial charge in [-0.15, -0.1) is 0 Å². The molecule has 0 aliphatic heterocycles. The van der Waals surface area contributed by atoms with Crippen LogP contribution in [0.15, 0.2) is 48.6 Å². The van der Waals surface area contributed by atoms with Crippen LogP contribution in [0.5, 0.6) is 0 Å². The molecule has 0 heterocycles. The SMILES string of the molecule is CCCCCCC/C=C\C1(C)c2cc(C)ccc2-c2ccc(C)cc21. The zero-order valence-electron chi connectivity index (χ0n) is 16.4. The molecule has 0 fully saturated rings. The molecule has 0 saturated heterocycles. The summed E-state index contributed by atoms with van der Waals surface area (Å²) in [6.07, 6.45) is 12.8. The molecule has 2 aromatic carbocycles. The van der Waals surface area contributed by atoms with Gasteiger partial charge in [0.05, 0.1) is 0 Å². The molecule has 1 aliphatic rings. The summed E-state index contributed by atoms with van der Waals surface area (Å²) in [7, 11) is 0. The molecule has 25 heavy (non-hydrogen) atoms. The van der Waals surface area contributed by atoms with Crippen LogP contribution in [-0.4, -0.2) is 0 Å². The summed E-state index contributed by atoms with van der Waals surface area (Å²) in [6, 6.07) is 13.9. The van der Waals surface area contributed by atoms with Crippen molar-refractivity contribution < 1.29 is 0 Å². The smallest absolute Gasteiger partial charge is 0.0366 e. The molecule has 0 amide bonds. The molecule has 0 unspecified atom stereocenters. The zero-order chi connectivity index (χ0) is 17.9. The molecular formula is C25H32. The summed E-state index contributed by atoms with van der Waals surface area (Å²) in [5.74, 6) is 0. The molecule has 0 bridgehead atoms. The third-order valence-corrected chi connectivity index (χ3v) is 5.68. The largest absolute Gasteiger partial charge is 0.0873 e. The summed E-state index contributed by atoms with van der Waals surface area (Å²) in [5.41, 5.74) is 8.47. The van der Waals surface area contributed by atoms with Crippen LogP contribution >= 0.6 is 0 Å². The van der Waals surface area contributed by atoms with Crippen molar-refractivity contribution in [3.8, 4) is 11.1 Å². The molecule has 0 atom stereocenters. The number of benzene rings is 2. The molecule has 0 aromatic heterocycles. The van der Waals surface area contributed by atoms with E-state index in [0.717, 1.165) is 0 Å². The van der Waals surface area contributed by atoms with Crippen molar-refractivity contribution in [2.75, 3.05) is 0 Å². The van der Waals surface area contributed by atoms with Gasteiger partial charge in [0, 0.05) is 5.41 Å². The molecule has 1 aliphatic carbocycles. The first-order valence-electron chi connectivity index (χ1n) is 9.96. The van der Waals surface area contributed by atoms with Crippen LogP contribution in [0, 0.1) is 13.8 Å². The molecule has 0 spiro atoms. The molecule has 0 nitrogen and oxygen atoms in total. The lowest BCUT2D eigenvalue weighted by Crippen LogP contribution is -2.17. The standard InChI is InChI=1S/C25H32/c1-5-6-7-8-9-10-11-16-25(4)23-17-19(2)12-14-21(23)22-15-13-20(3)18-24(22)25/h11-18H,5-10H2,1-4H3/b16-11-. The van der Waals surface area contributed by atoms with Gasteiger partial charge in [-0.3, -0.25) is 0 Å². The average Bonchev–Trinajstić information content (AvgIpc) is 2.83. The van der Waals surface area contributed by atoms with Gasteiger partial charge in [-0.2, -0.15) is 0 Å². The highest BCUT2D eigenvalue weighted by Gasteiger charge is 2.37. The Balaban J connectivity index is 1.86. The minimum absolute atomic E-state index is 0.00608. The number of hydrogen-bond acceptors (Lipinski definition) is 0. The fourth-order valence-electron chi connectivity index (χ4n) is 4.15. The predicted molar refractivity (Wildman–Crippen MR) is 110 cm³/mol. The maximum Gasteiger partial charge on any atom is 0.0366 e. The van der Waals surface area contributed by atoms with Crippen LogP contribution in [0.25, 0.3) is 11.1 Å². The van der Waals surface area contributed by atoms with E-state index in [1.165, 1.54) is 71.9 Å². The van der Waals surface area contributed by atoms with Crippen molar-refractivity contribution in [3.05, 3.63) is 70.8 Å². The summed E-state index contributed by atoms with van der Waals surface area (Å²) in [4.78, 5) is 0. The van der Waals surface area contributed by atoms with E-state index < -0.39 is 0 Å². The van der Waals surface area contributed by atoms with Crippen molar-refractivity contribution in [1.82, 2.24) is 0 Å². The van der Waals surface area contributed by atoms with Crippen LogP contribution in [0.3, 0.4) is 0 Å². The monoisotopic (exact) mass is 332 g/mol. The van der Waals surface area contributed by atoms with Crippen molar-refractivity contribution in [3.63, 3.8) is 0 Å². The van der Waals surface area contributed by atoms with Gasteiger partial charge in [-0.1, -0.05) is 92.3 Å². The lowest BCUT2D eigenvalue weighted by atomic mass is 9.79. The van der Waals surface area contributed by atoms with Crippen molar-refractivity contribution in [1.29, 1.82) is 0 Å². The van der Waals surface area contributed by atoms with E-state index in [-0.39, 0.29) is 5.41 Å². The highest BCUT2D eigenvalue weighted by Crippen LogP contribution is 2.50. The normalized spacial score (nSPS) is 14.7. The Bertz CT molecular complexity index is 712. The van der Waals surface area contributed by atoms with E-state index in [4.69, 9.17) is 0 Å². The van der Waals surface area contributed by atoms with E-state index >= 15 is 0 Å². The third-order valence-electron chi connectivity index (χ3n) is 5.68. The zero-order valence-corrected chi connectivity index (χ0v) is 16.4. The highest BCUT2D eigenvalue weighted by molar-refractivity contribution is 5.82. The third kappa shape index (κ3) is 3.59. The second kappa shape index (κ2) is 7.60. The Kier molecular flexibility index (Phi) is 5.47. The number of unbranched alkanes of at least 4 members (excludes halogenated alkanes) is 5. The van der Waals surface area contributed by atoms with E-state index in [1.807, 2.05) is 0 Å². The van der Waals surface area contributed by atoms with Crippen LogP contribution < -0.4 is 0 Å². The van der Waals surface area contributed by atoms with E-state index in [9.17, 15) is 0 Å². The van der Waals surface area contributed by atoms with E-state index in [1.54, 1.807) is 0 Å². The second-order valence-corrected chi connectivity index (χ2v) is 7.91. The number of rotatable bonds is 7. The minimum atomic E-state index is 0.00608. The molecule has 0 N–H and O–H groups in total. The van der Waals surface area contributed by atoms with E-state index in [0.29, 0.717) is 0 Å². The number of hydrogen-bond donors (Lipinski definition) is 0. The molecule has 132 valence electrons. The summed E-state index contributed by atoms with van der Waals surface area (Å²) >= 11 is 0. The summed E-state index contributed by atoms with van der Waals surface area (Å²) in [6.45, 7) is 9.07. The predicted octanol–water partition coefficient (Wildman–Crippen LogP) is 7.51. The maximum atomic E-state index is 2.47. The van der Waals surface area contributed by atoms with Crippen LogP contribution in [-0.2, 0) is 5.41 Å². The number of aryl methyl sites for hydroxylation is 2. The topological polar surface area (TPSA) is 0 Å². The Morgan fingerprint density at radius 2 is 1.36 bits per heavy atom. The van der Waals surface area contributed by atoms with Gasteiger partial charge in [0.25, 0.3) is 0 Å². The molecule has 0 saturated carbocycles. The summed E-state index contributed by atoms with van der Waals surface area (Å²) < 4.78 is 0. The molecule has 2 aromatic rings. The second-order valence-electron chi connectivity index (χ2n) is 7.91. The average molecular weight is 333 g/mol. The van der Waals surface area contributed by atoms with Crippen molar-refractivity contribution in [2.45, 2.75) is 71.6 Å². The number of allylic oxidation sites excluding steroid dienone is 2. The Hall–Kier alpha value is -1.82. The van der Waals surface area contributed by atoms with Gasteiger partial charge in [0.1, 0.15) is 0 Å². The highest BCUT2D eigenvalue weighted by atomic mass is 14.4. The molecule has 3 rings (SSSR count). The Morgan fingerprint density at radius 3 is 1.92 bits per heavy atom. The van der Waals surface area contributed by atoms with Crippen molar-refractivity contribution >= 4 is 0 Å². The fourth-order valence-corrected chi connectivity index (χ4v) is 4.15. The molecule has 0 radical (unpaired) electrons. The van der Waals surface area contributed by atoms with Crippen molar-refractivity contribution in [2.24, 2.45) is 0 Å². The molecular weight excluding hydrogens is 300 g/mol. The lowest BCUT2D eigenvalue weighted by Gasteiger charge is -2.24. The quantitative estimate of drug-likeness (QED) is 0.363. The first-order valence-corrected chi connectivity index (χ1v) is 9.96. The first kappa shape index (κ1) is 18.0. The first-order chi connectivity index (χ1) is 12.1. The van der Waals surface area contributed by atoms with E-state index in [2.05, 4.69) is 76.2 Å². The lowest BCUT2D eigenvalue weighted by molar-refractivity contribution is 0.635. The molecule has 0 heteroatoms. The Morgan fingerprint density at radius 1 is 0.800 bits per heavy atom. The maximum absolute atomic E-state index is 2.47. The van der Waals surface area contributed by atoms with Crippen LogP contribution in [0.4, 0.5) is 0 Å². The Labute approximate surface area is 154 Å². The van der Waals surface area contributed by atoms with Gasteiger partial charge in [-0.05, 0) is 55.9 Å². The fraction of sp³-hybridized carbons (Fsp3) is 0.440. The van der Waals surface area contributed by atoms with Gasteiger partial charge in [-0.25, -0.2) is 0 Å². The van der Waals surface area contributed by atoms with Crippen LogP contribution in [0.2, 0.25) is 0 Å². The number of fused-ring (bicyclic) bond motifs is 3.